The number of likely N-dealkylation sites (tertiary alicyclic amines) is 1. The second-order valence-corrected chi connectivity index (χ2v) is 2.20. The van der Waals surface area contributed by atoms with Crippen LogP contribution in [0.3, 0.4) is 0 Å². The highest BCUT2D eigenvalue weighted by atomic mass is 16.1. The predicted octanol–water partition coefficient (Wildman–Crippen LogP) is 0.0953. The zero-order valence-corrected chi connectivity index (χ0v) is 5.05. The van der Waals surface area contributed by atoms with Gasteiger partial charge in [-0.05, 0) is 20.0 Å². The number of ketones is 1. The van der Waals surface area contributed by atoms with Gasteiger partial charge < -0.3 is 0 Å². The summed E-state index contributed by atoms with van der Waals surface area (Å²) >= 11 is 0. The van der Waals surface area contributed by atoms with Gasteiger partial charge in [-0.15, -0.1) is 0 Å². The van der Waals surface area contributed by atoms with Crippen LogP contribution in [-0.4, -0.2) is 30.8 Å². The van der Waals surface area contributed by atoms with Crippen molar-refractivity contribution >= 4 is 5.78 Å². The average molecular weight is 112 g/mol. The van der Waals surface area contributed by atoms with E-state index in [2.05, 4.69) is 0 Å². The van der Waals surface area contributed by atoms with E-state index < -0.39 is 0 Å². The number of hydrogen-bond acceptors (Lipinski definition) is 2. The third-order valence-electron chi connectivity index (χ3n) is 1.31. The fraction of sp³-hybridized carbons (Fsp3) is 0.667. The molecule has 45 valence electrons. The van der Waals surface area contributed by atoms with Crippen molar-refractivity contribution in [2.75, 3.05) is 20.1 Å². The van der Waals surface area contributed by atoms with E-state index in [9.17, 15) is 4.79 Å². The first-order valence-electron chi connectivity index (χ1n) is 2.83. The summed E-state index contributed by atoms with van der Waals surface area (Å²) in [6.07, 6.45) is 2.69. The molecular weight excluding hydrogens is 102 g/mol. The van der Waals surface area contributed by atoms with Gasteiger partial charge in [-0.3, -0.25) is 9.69 Å². The number of likely N-dealkylation sites (N-methyl/N-ethyl adjacent to an activating group) is 1. The first kappa shape index (κ1) is 5.76. The van der Waals surface area contributed by atoms with E-state index in [0.717, 1.165) is 13.0 Å². The van der Waals surface area contributed by atoms with Gasteiger partial charge in [0.15, 0.2) is 5.78 Å². The summed E-state index contributed by atoms with van der Waals surface area (Å²) in [4.78, 5) is 12.6. The number of rotatable bonds is 0. The van der Waals surface area contributed by atoms with Gasteiger partial charge in [0.2, 0.25) is 0 Å². The lowest BCUT2D eigenvalue weighted by Crippen LogP contribution is -2.32. The van der Waals surface area contributed by atoms with Gasteiger partial charge in [0.05, 0.1) is 6.54 Å². The van der Waals surface area contributed by atoms with E-state index >= 15 is 0 Å². The molecule has 0 aliphatic carbocycles. The summed E-state index contributed by atoms with van der Waals surface area (Å²) in [5.41, 5.74) is 0. The molecule has 8 heavy (non-hydrogen) atoms. The first-order valence-corrected chi connectivity index (χ1v) is 2.83. The molecule has 2 nitrogen and oxygen atoms in total. The lowest BCUT2D eigenvalue weighted by atomic mass is 10.1. The monoisotopic (exact) mass is 112 g/mol. The van der Waals surface area contributed by atoms with Crippen LogP contribution in [0.25, 0.3) is 0 Å². The molecule has 0 saturated carbocycles. The number of Topliss-reactive ketones (excluding diaryl/α,β-unsaturated/α-hetero) is 1. The molecule has 0 aromatic rings. The molecule has 0 bridgehead atoms. The number of piperidine rings is 1. The maximum absolute atomic E-state index is 10.6. The van der Waals surface area contributed by atoms with E-state index in [-0.39, 0.29) is 5.78 Å². The molecule has 0 atom stereocenters. The van der Waals surface area contributed by atoms with Crippen molar-refractivity contribution in [2.45, 2.75) is 6.42 Å². The van der Waals surface area contributed by atoms with E-state index in [1.54, 1.807) is 6.42 Å². The highest BCUT2D eigenvalue weighted by molar-refractivity contribution is 5.89. The molecule has 2 heteroatoms. The maximum atomic E-state index is 10.6. The molecule has 0 aromatic carbocycles. The Kier molecular flexibility index (Phi) is 1.63. The van der Waals surface area contributed by atoms with Crippen LogP contribution in [0.1, 0.15) is 6.42 Å². The Hall–Kier alpha value is -0.370. The lowest BCUT2D eigenvalue weighted by molar-refractivity contribution is -0.118. The van der Waals surface area contributed by atoms with Crippen molar-refractivity contribution < 1.29 is 4.79 Å². The van der Waals surface area contributed by atoms with E-state index in [1.165, 1.54) is 0 Å². The van der Waals surface area contributed by atoms with Crippen molar-refractivity contribution in [3.05, 3.63) is 6.42 Å². The van der Waals surface area contributed by atoms with Gasteiger partial charge in [-0.1, -0.05) is 0 Å². The van der Waals surface area contributed by atoms with Crippen LogP contribution in [-0.2, 0) is 4.79 Å². The molecule has 1 radical (unpaired) electrons. The Labute approximate surface area is 49.5 Å². The summed E-state index contributed by atoms with van der Waals surface area (Å²) in [6.45, 7) is 1.64. The summed E-state index contributed by atoms with van der Waals surface area (Å²) in [6, 6.07) is 0. The van der Waals surface area contributed by atoms with Crippen molar-refractivity contribution in [3.8, 4) is 0 Å². The first-order chi connectivity index (χ1) is 3.79. The summed E-state index contributed by atoms with van der Waals surface area (Å²) in [5.74, 6) is 0.263. The molecule has 1 fully saturated rings. The SMILES string of the molecule is CN1CC[CH]C(=O)C1. The number of carbonyl (C=O) groups is 1. The second-order valence-electron chi connectivity index (χ2n) is 2.20. The molecule has 0 N–H and O–H groups in total. The van der Waals surface area contributed by atoms with Crippen LogP contribution < -0.4 is 0 Å². The van der Waals surface area contributed by atoms with Crippen LogP contribution in [0.4, 0.5) is 0 Å². The Morgan fingerprint density at radius 1 is 1.75 bits per heavy atom. The molecule has 1 aliphatic rings. The highest BCUT2D eigenvalue weighted by Crippen LogP contribution is 2.00. The molecule has 0 unspecified atom stereocenters. The summed E-state index contributed by atoms with van der Waals surface area (Å²) in [7, 11) is 1.96. The standard InChI is InChI=1S/C6H10NO/c1-7-4-2-3-6(8)5-7/h3H,2,4-5H2,1H3. The van der Waals surface area contributed by atoms with Gasteiger partial charge in [0.25, 0.3) is 0 Å². The van der Waals surface area contributed by atoms with Crippen molar-refractivity contribution in [2.24, 2.45) is 0 Å². The molecule has 1 saturated heterocycles. The molecular formula is C6H10NO. The smallest absolute Gasteiger partial charge is 0.150 e. The topological polar surface area (TPSA) is 20.3 Å². The Morgan fingerprint density at radius 2 is 2.50 bits per heavy atom. The molecule has 0 spiro atoms. The van der Waals surface area contributed by atoms with Gasteiger partial charge in [-0.2, -0.15) is 0 Å². The zero-order valence-electron chi connectivity index (χ0n) is 5.05. The third kappa shape index (κ3) is 1.30. The Balaban J connectivity index is 2.34. The van der Waals surface area contributed by atoms with E-state index in [1.807, 2.05) is 11.9 Å². The van der Waals surface area contributed by atoms with Gasteiger partial charge in [0, 0.05) is 6.42 Å². The van der Waals surface area contributed by atoms with Crippen LogP contribution in [0.2, 0.25) is 0 Å². The summed E-state index contributed by atoms with van der Waals surface area (Å²) in [5, 5.41) is 0. The van der Waals surface area contributed by atoms with E-state index in [0.29, 0.717) is 6.54 Å². The normalized spacial score (nSPS) is 23.9. The van der Waals surface area contributed by atoms with Crippen molar-refractivity contribution in [3.63, 3.8) is 0 Å². The van der Waals surface area contributed by atoms with Crippen molar-refractivity contribution in [1.29, 1.82) is 0 Å². The Bertz CT molecular complexity index is 101. The fourth-order valence-corrected chi connectivity index (χ4v) is 0.856. The van der Waals surface area contributed by atoms with Crippen LogP contribution in [0, 0.1) is 6.42 Å². The van der Waals surface area contributed by atoms with Crippen molar-refractivity contribution in [1.82, 2.24) is 4.90 Å². The minimum Gasteiger partial charge on any atom is -0.299 e. The molecule has 1 heterocycles. The largest absolute Gasteiger partial charge is 0.299 e. The quantitative estimate of drug-likeness (QED) is 0.443. The van der Waals surface area contributed by atoms with Gasteiger partial charge in [0.1, 0.15) is 0 Å². The van der Waals surface area contributed by atoms with Crippen LogP contribution >= 0.6 is 0 Å². The molecule has 1 rings (SSSR count). The molecule has 0 aromatic heterocycles. The zero-order chi connectivity index (χ0) is 5.98. The minimum absolute atomic E-state index is 0.263. The van der Waals surface area contributed by atoms with Crippen LogP contribution in [0.15, 0.2) is 0 Å². The highest BCUT2D eigenvalue weighted by Gasteiger charge is 2.11. The second kappa shape index (κ2) is 2.27. The van der Waals surface area contributed by atoms with Gasteiger partial charge >= 0.3 is 0 Å². The average Bonchev–Trinajstić information content (AvgIpc) is 1.64. The molecule has 0 amide bonds. The third-order valence-corrected chi connectivity index (χ3v) is 1.31. The lowest BCUT2D eigenvalue weighted by Gasteiger charge is -2.19. The molecule has 1 aliphatic heterocycles. The predicted molar refractivity (Wildman–Crippen MR) is 31.4 cm³/mol. The maximum Gasteiger partial charge on any atom is 0.150 e. The Morgan fingerprint density at radius 3 is 2.88 bits per heavy atom. The van der Waals surface area contributed by atoms with Crippen LogP contribution in [0.5, 0.6) is 0 Å². The van der Waals surface area contributed by atoms with Gasteiger partial charge in [-0.25, -0.2) is 0 Å². The fourth-order valence-electron chi connectivity index (χ4n) is 0.856. The number of carbonyl (C=O) groups excluding carboxylic acids is 1. The van der Waals surface area contributed by atoms with E-state index in [4.69, 9.17) is 0 Å². The minimum atomic E-state index is 0.263. The number of hydrogen-bond donors (Lipinski definition) is 0. The summed E-state index contributed by atoms with van der Waals surface area (Å²) < 4.78 is 0. The number of nitrogens with zero attached hydrogens (tertiary/aromatic N) is 1.